The molecule has 0 aliphatic heterocycles. The predicted octanol–water partition coefficient (Wildman–Crippen LogP) is 2.51. The average molecular weight is 294 g/mol. The first kappa shape index (κ1) is 16.8. The van der Waals surface area contributed by atoms with Crippen LogP contribution in [0, 0.1) is 0 Å². The molecule has 0 radical (unpaired) electrons. The molecule has 0 rings (SSSR count). The van der Waals surface area contributed by atoms with E-state index in [2.05, 4.69) is 4.74 Å². The molecule has 12 heteroatoms. The van der Waals surface area contributed by atoms with E-state index in [0.717, 1.165) is 0 Å². The van der Waals surface area contributed by atoms with Crippen molar-refractivity contribution in [2.45, 2.75) is 24.1 Å². The summed E-state index contributed by atoms with van der Waals surface area (Å²) in [5, 5.41) is 7.65. The van der Waals surface area contributed by atoms with Gasteiger partial charge in [-0.1, -0.05) is 0 Å². The largest absolute Gasteiger partial charge is 0.477 e. The molecule has 0 aromatic heterocycles. The van der Waals surface area contributed by atoms with Gasteiger partial charge in [0.25, 0.3) is 0 Å². The smallest absolute Gasteiger partial charge is 0.455 e. The fourth-order valence-corrected chi connectivity index (χ4v) is 0.478. The zero-order valence-corrected chi connectivity index (χ0v) is 7.87. The molecular weight excluding hydrogens is 291 g/mol. The number of carboxylic acid groups (broad SMARTS) is 1. The molecule has 0 unspecified atom stereocenters. The van der Waals surface area contributed by atoms with Gasteiger partial charge in [0.2, 0.25) is 0 Å². The SMILES string of the molecule is O=C(O)C(F)(F)C(F)(F)OCC(F)(F)C(F)(F)F. The van der Waals surface area contributed by atoms with Gasteiger partial charge in [-0.25, -0.2) is 4.79 Å². The topological polar surface area (TPSA) is 46.5 Å². The molecule has 3 nitrogen and oxygen atoms in total. The number of rotatable bonds is 5. The number of carbonyl (C=O) groups is 1. The molecule has 0 heterocycles. The lowest BCUT2D eigenvalue weighted by molar-refractivity contribution is -0.373. The summed E-state index contributed by atoms with van der Waals surface area (Å²) in [5.74, 6) is -15.2. The number of halogens is 9. The van der Waals surface area contributed by atoms with Crippen LogP contribution in [0.25, 0.3) is 0 Å². The first-order valence-corrected chi connectivity index (χ1v) is 3.72. The molecule has 0 saturated heterocycles. The standard InChI is InChI=1S/C6H3F9O3/c7-3(8,5(11,12)13)1-18-6(14,15)4(9,10)2(16)17/h1H2,(H,16,17). The highest BCUT2D eigenvalue weighted by molar-refractivity contribution is 5.76. The molecule has 0 amide bonds. The molecule has 0 bridgehead atoms. The van der Waals surface area contributed by atoms with E-state index in [1.165, 1.54) is 0 Å². The van der Waals surface area contributed by atoms with Crippen molar-refractivity contribution in [3.63, 3.8) is 0 Å². The van der Waals surface area contributed by atoms with Gasteiger partial charge < -0.3 is 9.84 Å². The lowest BCUT2D eigenvalue weighted by Gasteiger charge is -2.26. The minimum atomic E-state index is -6.30. The Bertz CT molecular complexity index is 321. The van der Waals surface area contributed by atoms with Crippen molar-refractivity contribution < 1.29 is 54.2 Å². The van der Waals surface area contributed by atoms with Crippen LogP contribution in [0.3, 0.4) is 0 Å². The van der Waals surface area contributed by atoms with Gasteiger partial charge in [-0.15, -0.1) is 0 Å². The van der Waals surface area contributed by atoms with E-state index >= 15 is 0 Å². The molecule has 0 aliphatic rings. The third kappa shape index (κ3) is 3.17. The third-order valence-electron chi connectivity index (χ3n) is 1.48. The second-order valence-corrected chi connectivity index (χ2v) is 2.89. The Balaban J connectivity index is 4.88. The summed E-state index contributed by atoms with van der Waals surface area (Å²) in [6.07, 6.45) is -12.3. The van der Waals surface area contributed by atoms with Crippen molar-refractivity contribution in [2.24, 2.45) is 0 Å². The molecule has 1 N–H and O–H groups in total. The highest BCUT2D eigenvalue weighted by Crippen LogP contribution is 2.40. The third-order valence-corrected chi connectivity index (χ3v) is 1.48. The molecule has 0 aromatic carbocycles. The molecule has 0 saturated carbocycles. The number of carboxylic acids is 1. The highest BCUT2D eigenvalue weighted by atomic mass is 19.4. The normalized spacial score (nSPS) is 14.7. The van der Waals surface area contributed by atoms with E-state index in [-0.39, 0.29) is 0 Å². The fourth-order valence-electron chi connectivity index (χ4n) is 0.478. The van der Waals surface area contributed by atoms with Gasteiger partial charge in [0.15, 0.2) is 0 Å². The Labute approximate surface area is 92.1 Å². The van der Waals surface area contributed by atoms with Crippen molar-refractivity contribution in [3.8, 4) is 0 Å². The van der Waals surface area contributed by atoms with E-state index in [9.17, 15) is 44.3 Å². The number of alkyl halides is 9. The van der Waals surface area contributed by atoms with Gasteiger partial charge in [-0.05, 0) is 0 Å². The minimum absolute atomic E-state index is 2.41. The van der Waals surface area contributed by atoms with Gasteiger partial charge >= 0.3 is 30.1 Å². The van der Waals surface area contributed by atoms with Crippen molar-refractivity contribution in [1.82, 2.24) is 0 Å². The van der Waals surface area contributed by atoms with Crippen LogP contribution in [0.15, 0.2) is 0 Å². The zero-order chi connectivity index (χ0) is 15.0. The van der Waals surface area contributed by atoms with Crippen molar-refractivity contribution in [2.75, 3.05) is 6.61 Å². The van der Waals surface area contributed by atoms with E-state index < -0.39 is 36.7 Å². The number of ether oxygens (including phenoxy) is 1. The second kappa shape index (κ2) is 4.48. The van der Waals surface area contributed by atoms with Crippen LogP contribution in [0.2, 0.25) is 0 Å². The molecule has 108 valence electrons. The van der Waals surface area contributed by atoms with Gasteiger partial charge in [-0.2, -0.15) is 39.5 Å². The van der Waals surface area contributed by atoms with Crippen molar-refractivity contribution in [3.05, 3.63) is 0 Å². The van der Waals surface area contributed by atoms with Crippen LogP contribution in [0.1, 0.15) is 0 Å². The Morgan fingerprint density at radius 1 is 0.944 bits per heavy atom. The first-order chi connectivity index (χ1) is 7.65. The number of hydrogen-bond acceptors (Lipinski definition) is 2. The van der Waals surface area contributed by atoms with Crippen molar-refractivity contribution >= 4 is 5.97 Å². The predicted molar refractivity (Wildman–Crippen MR) is 34.5 cm³/mol. The summed E-state index contributed by atoms with van der Waals surface area (Å²) in [7, 11) is 0. The minimum Gasteiger partial charge on any atom is -0.477 e. The Morgan fingerprint density at radius 3 is 1.61 bits per heavy atom. The van der Waals surface area contributed by atoms with Gasteiger partial charge in [-0.3, -0.25) is 0 Å². The van der Waals surface area contributed by atoms with Crippen molar-refractivity contribution in [1.29, 1.82) is 0 Å². The number of aliphatic carboxylic acids is 1. The Morgan fingerprint density at radius 2 is 1.33 bits per heavy atom. The van der Waals surface area contributed by atoms with Crippen LogP contribution in [-0.4, -0.2) is 41.8 Å². The molecular formula is C6H3F9O3. The summed E-state index contributed by atoms with van der Waals surface area (Å²) >= 11 is 0. The molecule has 0 aromatic rings. The average Bonchev–Trinajstić information content (AvgIpc) is 2.12. The van der Waals surface area contributed by atoms with E-state index in [4.69, 9.17) is 5.11 Å². The maximum Gasteiger partial charge on any atom is 0.455 e. The highest BCUT2D eigenvalue weighted by Gasteiger charge is 2.67. The van der Waals surface area contributed by atoms with Crippen LogP contribution >= 0.6 is 0 Å². The monoisotopic (exact) mass is 294 g/mol. The second-order valence-electron chi connectivity index (χ2n) is 2.89. The lowest BCUT2D eigenvalue weighted by atomic mass is 10.3. The van der Waals surface area contributed by atoms with Crippen LogP contribution in [0.4, 0.5) is 39.5 Å². The lowest BCUT2D eigenvalue weighted by Crippen LogP contribution is -2.52. The Kier molecular flexibility index (Phi) is 4.18. The summed E-state index contributed by atoms with van der Waals surface area (Å²) in [4.78, 5) is 9.67. The summed E-state index contributed by atoms with van der Waals surface area (Å²) in [6, 6.07) is 0. The number of hydrogen-bond donors (Lipinski definition) is 1. The van der Waals surface area contributed by atoms with Gasteiger partial charge in [0.1, 0.15) is 6.61 Å². The van der Waals surface area contributed by atoms with Crippen LogP contribution in [0.5, 0.6) is 0 Å². The quantitative estimate of drug-likeness (QED) is 0.792. The molecule has 0 atom stereocenters. The summed E-state index contributed by atoms with van der Waals surface area (Å²) in [6.45, 7) is -3.15. The van der Waals surface area contributed by atoms with Crippen LogP contribution in [-0.2, 0) is 9.53 Å². The zero-order valence-electron chi connectivity index (χ0n) is 7.87. The van der Waals surface area contributed by atoms with E-state index in [0.29, 0.717) is 0 Å². The maximum absolute atomic E-state index is 12.3. The van der Waals surface area contributed by atoms with E-state index in [1.807, 2.05) is 0 Å². The van der Waals surface area contributed by atoms with Gasteiger partial charge in [0.05, 0.1) is 0 Å². The maximum atomic E-state index is 12.3. The molecule has 0 fully saturated rings. The first-order valence-electron chi connectivity index (χ1n) is 3.72. The summed E-state index contributed by atoms with van der Waals surface area (Å²) in [5.41, 5.74) is 0. The molecule has 0 aliphatic carbocycles. The molecule has 0 spiro atoms. The van der Waals surface area contributed by atoms with E-state index in [1.54, 1.807) is 0 Å². The molecule has 18 heavy (non-hydrogen) atoms. The summed E-state index contributed by atoms with van der Waals surface area (Å²) < 4.78 is 110. The Hall–Kier alpha value is -1.20. The van der Waals surface area contributed by atoms with Crippen LogP contribution < -0.4 is 0 Å². The van der Waals surface area contributed by atoms with Gasteiger partial charge in [0, 0.05) is 0 Å². The fraction of sp³-hybridized carbons (Fsp3) is 0.833.